The molecule has 0 radical (unpaired) electrons. The number of hydrogen-bond donors (Lipinski definition) is 2. The van der Waals surface area contributed by atoms with Gasteiger partial charge in [0.15, 0.2) is 0 Å². The molecular weight excluding hydrogens is 234 g/mol. The predicted octanol–water partition coefficient (Wildman–Crippen LogP) is 2.16. The lowest BCUT2D eigenvalue weighted by Crippen LogP contribution is -2.32. The van der Waals surface area contributed by atoms with E-state index in [4.69, 9.17) is 10.5 Å². The van der Waals surface area contributed by atoms with Crippen LogP contribution in [0.15, 0.2) is 18.2 Å². The third-order valence-corrected chi connectivity index (χ3v) is 3.12. The van der Waals surface area contributed by atoms with E-state index in [1.54, 1.807) is 6.07 Å². The number of rotatable bonds is 4. The monoisotopic (exact) mass is 251 g/mol. The van der Waals surface area contributed by atoms with Crippen LogP contribution in [0.1, 0.15) is 19.8 Å². The second kappa shape index (κ2) is 4.81. The average Bonchev–Trinajstić information content (AvgIpc) is 2.73. The van der Waals surface area contributed by atoms with Crippen molar-refractivity contribution >= 4 is 17.1 Å². The molecule has 0 spiro atoms. The maximum atomic E-state index is 10.7. The Kier molecular flexibility index (Phi) is 3.38. The fraction of sp³-hybridized carbons (Fsp3) is 0.500. The summed E-state index contributed by atoms with van der Waals surface area (Å²) in [6.07, 6.45) is 2.04. The van der Waals surface area contributed by atoms with Gasteiger partial charge in [-0.15, -0.1) is 0 Å². The van der Waals surface area contributed by atoms with Crippen molar-refractivity contribution in [2.75, 3.05) is 24.2 Å². The largest absolute Gasteiger partial charge is 0.398 e. The molecular formula is C12H17N3O3. The number of ether oxygens (including phenoxy) is 1. The average molecular weight is 251 g/mol. The summed E-state index contributed by atoms with van der Waals surface area (Å²) in [5.41, 5.74) is 6.47. The van der Waals surface area contributed by atoms with Gasteiger partial charge in [0.25, 0.3) is 5.69 Å². The zero-order valence-corrected chi connectivity index (χ0v) is 10.3. The molecule has 1 saturated heterocycles. The molecule has 0 aliphatic carbocycles. The van der Waals surface area contributed by atoms with Crippen LogP contribution < -0.4 is 11.1 Å². The van der Waals surface area contributed by atoms with Gasteiger partial charge in [-0.1, -0.05) is 0 Å². The molecule has 2 rings (SSSR count). The van der Waals surface area contributed by atoms with Gasteiger partial charge in [-0.25, -0.2) is 0 Å². The summed E-state index contributed by atoms with van der Waals surface area (Å²) in [7, 11) is 0. The van der Waals surface area contributed by atoms with Gasteiger partial charge < -0.3 is 15.8 Å². The second-order valence-corrected chi connectivity index (χ2v) is 4.83. The van der Waals surface area contributed by atoms with Crippen molar-refractivity contribution in [1.29, 1.82) is 0 Å². The maximum absolute atomic E-state index is 10.7. The molecule has 0 amide bonds. The molecule has 3 N–H and O–H groups in total. The lowest BCUT2D eigenvalue weighted by atomic mass is 10.0. The van der Waals surface area contributed by atoms with Crippen LogP contribution >= 0.6 is 0 Å². The van der Waals surface area contributed by atoms with E-state index >= 15 is 0 Å². The molecule has 0 aromatic heterocycles. The molecule has 1 unspecified atom stereocenters. The SMILES string of the molecule is CC1(CNc2cc(N)cc([N+](=O)[O-])c2)CCCO1. The smallest absolute Gasteiger partial charge is 0.273 e. The molecule has 6 heteroatoms. The Balaban J connectivity index is 2.07. The third kappa shape index (κ3) is 2.89. The molecule has 0 saturated carbocycles. The molecule has 18 heavy (non-hydrogen) atoms. The molecule has 1 aromatic rings. The van der Waals surface area contributed by atoms with Gasteiger partial charge in [-0.3, -0.25) is 10.1 Å². The highest BCUT2D eigenvalue weighted by molar-refractivity contribution is 5.61. The quantitative estimate of drug-likeness (QED) is 0.486. The van der Waals surface area contributed by atoms with Crippen molar-refractivity contribution in [2.24, 2.45) is 0 Å². The Morgan fingerprint density at radius 1 is 1.56 bits per heavy atom. The van der Waals surface area contributed by atoms with Gasteiger partial charge in [0.1, 0.15) is 0 Å². The van der Waals surface area contributed by atoms with Gasteiger partial charge in [-0.05, 0) is 25.8 Å². The van der Waals surface area contributed by atoms with Crippen LogP contribution in [0.3, 0.4) is 0 Å². The number of nitro benzene ring substituents is 1. The van der Waals surface area contributed by atoms with Gasteiger partial charge in [0.2, 0.25) is 0 Å². The highest BCUT2D eigenvalue weighted by Crippen LogP contribution is 2.27. The molecule has 1 fully saturated rings. The summed E-state index contributed by atoms with van der Waals surface area (Å²) in [5.74, 6) is 0. The van der Waals surface area contributed by atoms with Gasteiger partial charge in [-0.2, -0.15) is 0 Å². The molecule has 1 atom stereocenters. The number of non-ortho nitro benzene ring substituents is 1. The first kappa shape index (κ1) is 12.6. The van der Waals surface area contributed by atoms with Crippen LogP contribution in [-0.2, 0) is 4.74 Å². The number of nitrogens with zero attached hydrogens (tertiary/aromatic N) is 1. The molecule has 1 heterocycles. The highest BCUT2D eigenvalue weighted by Gasteiger charge is 2.29. The normalized spacial score (nSPS) is 22.9. The fourth-order valence-corrected chi connectivity index (χ4v) is 2.11. The highest BCUT2D eigenvalue weighted by atomic mass is 16.6. The van der Waals surface area contributed by atoms with Crippen molar-refractivity contribution in [3.05, 3.63) is 28.3 Å². The van der Waals surface area contributed by atoms with E-state index in [0.29, 0.717) is 17.9 Å². The number of nitro groups is 1. The first-order valence-electron chi connectivity index (χ1n) is 5.91. The lowest BCUT2D eigenvalue weighted by molar-refractivity contribution is -0.384. The molecule has 0 bridgehead atoms. The van der Waals surface area contributed by atoms with E-state index in [-0.39, 0.29) is 11.3 Å². The minimum absolute atomic E-state index is 0.00464. The standard InChI is InChI=1S/C12H17N3O3/c1-12(3-2-4-18-12)8-14-10-5-9(13)6-11(7-10)15(16)17/h5-7,14H,2-4,8,13H2,1H3. The first-order chi connectivity index (χ1) is 8.48. The number of anilines is 2. The Bertz CT molecular complexity index is 456. The molecule has 6 nitrogen and oxygen atoms in total. The van der Waals surface area contributed by atoms with E-state index < -0.39 is 4.92 Å². The zero-order chi connectivity index (χ0) is 13.2. The van der Waals surface area contributed by atoms with E-state index in [9.17, 15) is 10.1 Å². The first-order valence-corrected chi connectivity index (χ1v) is 5.91. The van der Waals surface area contributed by atoms with Crippen molar-refractivity contribution < 1.29 is 9.66 Å². The van der Waals surface area contributed by atoms with E-state index in [0.717, 1.165) is 19.4 Å². The van der Waals surface area contributed by atoms with Crippen molar-refractivity contribution in [3.63, 3.8) is 0 Å². The van der Waals surface area contributed by atoms with Crippen LogP contribution in [0.4, 0.5) is 17.1 Å². The minimum Gasteiger partial charge on any atom is -0.398 e. The number of hydrogen-bond acceptors (Lipinski definition) is 5. The summed E-state index contributed by atoms with van der Waals surface area (Å²) in [4.78, 5) is 10.3. The Labute approximate surface area is 105 Å². The van der Waals surface area contributed by atoms with Gasteiger partial charge in [0, 0.05) is 36.7 Å². The zero-order valence-electron chi connectivity index (χ0n) is 10.3. The van der Waals surface area contributed by atoms with Crippen molar-refractivity contribution in [2.45, 2.75) is 25.4 Å². The van der Waals surface area contributed by atoms with Gasteiger partial charge >= 0.3 is 0 Å². The predicted molar refractivity (Wildman–Crippen MR) is 69.6 cm³/mol. The Hall–Kier alpha value is -1.82. The molecule has 1 aliphatic rings. The molecule has 98 valence electrons. The maximum Gasteiger partial charge on any atom is 0.273 e. The molecule has 1 aliphatic heterocycles. The third-order valence-electron chi connectivity index (χ3n) is 3.12. The number of nitrogens with one attached hydrogen (secondary N) is 1. The number of benzene rings is 1. The van der Waals surface area contributed by atoms with Crippen LogP contribution in [0, 0.1) is 10.1 Å². The fourth-order valence-electron chi connectivity index (χ4n) is 2.11. The van der Waals surface area contributed by atoms with Crippen LogP contribution in [-0.4, -0.2) is 23.7 Å². The summed E-state index contributed by atoms with van der Waals surface area (Å²) in [6, 6.07) is 4.51. The Morgan fingerprint density at radius 2 is 2.33 bits per heavy atom. The van der Waals surface area contributed by atoms with Crippen molar-refractivity contribution in [3.8, 4) is 0 Å². The van der Waals surface area contributed by atoms with Crippen LogP contribution in [0.5, 0.6) is 0 Å². The minimum atomic E-state index is -0.449. The van der Waals surface area contributed by atoms with Crippen LogP contribution in [0.25, 0.3) is 0 Å². The summed E-state index contributed by atoms with van der Waals surface area (Å²) < 4.78 is 5.64. The van der Waals surface area contributed by atoms with E-state index in [1.807, 2.05) is 6.92 Å². The summed E-state index contributed by atoms with van der Waals surface area (Å²) in [6.45, 7) is 3.43. The summed E-state index contributed by atoms with van der Waals surface area (Å²) >= 11 is 0. The van der Waals surface area contributed by atoms with E-state index in [1.165, 1.54) is 12.1 Å². The number of nitrogen functional groups attached to an aromatic ring is 1. The molecule has 1 aromatic carbocycles. The lowest BCUT2D eigenvalue weighted by Gasteiger charge is -2.24. The summed E-state index contributed by atoms with van der Waals surface area (Å²) in [5, 5.41) is 13.9. The van der Waals surface area contributed by atoms with Crippen molar-refractivity contribution in [1.82, 2.24) is 0 Å². The van der Waals surface area contributed by atoms with Crippen LogP contribution in [0.2, 0.25) is 0 Å². The second-order valence-electron chi connectivity index (χ2n) is 4.83. The van der Waals surface area contributed by atoms with E-state index in [2.05, 4.69) is 5.32 Å². The van der Waals surface area contributed by atoms with Gasteiger partial charge in [0.05, 0.1) is 10.5 Å². The Morgan fingerprint density at radius 3 is 2.94 bits per heavy atom. The topological polar surface area (TPSA) is 90.4 Å². The number of nitrogens with two attached hydrogens (primary N) is 1.